The van der Waals surface area contributed by atoms with E-state index < -0.39 is 0 Å². The third kappa shape index (κ3) is 4.21. The van der Waals surface area contributed by atoms with Gasteiger partial charge in [0, 0.05) is 13.1 Å². The van der Waals surface area contributed by atoms with Crippen molar-refractivity contribution in [1.82, 2.24) is 4.90 Å². The van der Waals surface area contributed by atoms with Crippen LogP contribution in [-0.4, -0.2) is 37.1 Å². The van der Waals surface area contributed by atoms with E-state index in [9.17, 15) is 10.1 Å². The molecule has 1 aromatic carbocycles. The lowest BCUT2D eigenvalue weighted by molar-refractivity contribution is -0.125. The maximum Gasteiger partial charge on any atom is 0.264 e. The zero-order valence-corrected chi connectivity index (χ0v) is 14.7. The fraction of sp³-hybridized carbons (Fsp3) is 0.444. The van der Waals surface area contributed by atoms with Gasteiger partial charge in [0.25, 0.3) is 5.91 Å². The van der Waals surface area contributed by atoms with Gasteiger partial charge in [-0.3, -0.25) is 4.79 Å². The number of hydrogen-bond acceptors (Lipinski definition) is 4. The van der Waals surface area contributed by atoms with Gasteiger partial charge in [-0.1, -0.05) is 11.6 Å². The molecule has 1 aromatic rings. The molecule has 1 amide bonds. The lowest BCUT2D eigenvalue weighted by Gasteiger charge is -2.15. The van der Waals surface area contributed by atoms with Crippen LogP contribution in [0, 0.1) is 11.3 Å². The number of amides is 1. The number of nitrogens with zero attached hydrogens (tertiary/aromatic N) is 2. The fourth-order valence-electron chi connectivity index (χ4n) is 2.62. The Morgan fingerprint density at radius 1 is 1.29 bits per heavy atom. The van der Waals surface area contributed by atoms with E-state index in [4.69, 9.17) is 21.1 Å². The summed E-state index contributed by atoms with van der Waals surface area (Å²) in [6, 6.07) is 5.39. The molecule has 0 N–H and O–H groups in total. The van der Waals surface area contributed by atoms with Crippen LogP contribution in [-0.2, 0) is 4.79 Å². The highest BCUT2D eigenvalue weighted by Crippen LogP contribution is 2.37. The van der Waals surface area contributed by atoms with Gasteiger partial charge in [-0.25, -0.2) is 0 Å². The molecule has 1 heterocycles. The third-order valence-electron chi connectivity index (χ3n) is 3.68. The minimum Gasteiger partial charge on any atom is -0.490 e. The molecular weight excluding hydrogens is 328 g/mol. The highest BCUT2D eigenvalue weighted by atomic mass is 35.5. The van der Waals surface area contributed by atoms with Gasteiger partial charge in [0.2, 0.25) is 0 Å². The molecule has 1 fully saturated rings. The molecule has 2 rings (SSSR count). The number of carbonyl (C=O) groups excluding carboxylic acids is 1. The van der Waals surface area contributed by atoms with E-state index in [2.05, 4.69) is 0 Å². The van der Waals surface area contributed by atoms with Crippen LogP contribution in [0.4, 0.5) is 0 Å². The lowest BCUT2D eigenvalue weighted by Crippen LogP contribution is -2.28. The summed E-state index contributed by atoms with van der Waals surface area (Å²) in [5.41, 5.74) is 0.732. The number of halogens is 1. The minimum atomic E-state index is -0.238. The smallest absolute Gasteiger partial charge is 0.264 e. The van der Waals surface area contributed by atoms with Crippen LogP contribution in [0.15, 0.2) is 17.7 Å². The highest BCUT2D eigenvalue weighted by molar-refractivity contribution is 6.32. The van der Waals surface area contributed by atoms with Gasteiger partial charge in [-0.15, -0.1) is 0 Å². The number of hydrogen-bond donors (Lipinski definition) is 0. The second-order valence-electron chi connectivity index (χ2n) is 5.37. The van der Waals surface area contributed by atoms with Crippen LogP contribution in [0.5, 0.6) is 11.5 Å². The Hall–Kier alpha value is -2.19. The zero-order valence-electron chi connectivity index (χ0n) is 14.0. The predicted molar refractivity (Wildman–Crippen MR) is 93.2 cm³/mol. The fourth-order valence-corrected chi connectivity index (χ4v) is 2.89. The number of benzene rings is 1. The molecule has 24 heavy (non-hydrogen) atoms. The molecule has 6 heteroatoms. The van der Waals surface area contributed by atoms with E-state index in [1.807, 2.05) is 19.9 Å². The number of nitriles is 1. The van der Waals surface area contributed by atoms with E-state index >= 15 is 0 Å². The summed E-state index contributed by atoms with van der Waals surface area (Å²) in [7, 11) is 0. The second kappa shape index (κ2) is 8.60. The third-order valence-corrected chi connectivity index (χ3v) is 3.96. The molecule has 0 saturated carbocycles. The number of ether oxygens (including phenoxy) is 2. The van der Waals surface area contributed by atoms with E-state index in [0.717, 1.165) is 12.8 Å². The first-order chi connectivity index (χ1) is 11.6. The number of rotatable bonds is 6. The van der Waals surface area contributed by atoms with Gasteiger partial charge in [0.15, 0.2) is 11.5 Å². The Labute approximate surface area is 147 Å². The van der Waals surface area contributed by atoms with Gasteiger partial charge in [-0.05, 0) is 50.5 Å². The molecule has 1 saturated heterocycles. The molecule has 128 valence electrons. The van der Waals surface area contributed by atoms with E-state index in [1.165, 1.54) is 0 Å². The molecule has 0 bridgehead atoms. The SMILES string of the molecule is CCOc1cc(/C=C(\C#N)C(=O)N2CCCC2)cc(Cl)c1OCC. The van der Waals surface area contributed by atoms with Crippen LogP contribution in [0.1, 0.15) is 32.3 Å². The van der Waals surface area contributed by atoms with Crippen molar-refractivity contribution in [2.24, 2.45) is 0 Å². The molecule has 1 aliphatic rings. The first kappa shape index (κ1) is 18.2. The second-order valence-corrected chi connectivity index (χ2v) is 5.77. The molecule has 0 atom stereocenters. The summed E-state index contributed by atoms with van der Waals surface area (Å²) in [6.45, 7) is 6.05. The van der Waals surface area contributed by atoms with Gasteiger partial charge in [-0.2, -0.15) is 5.26 Å². The summed E-state index contributed by atoms with van der Waals surface area (Å²) >= 11 is 6.27. The van der Waals surface area contributed by atoms with Crippen molar-refractivity contribution in [3.8, 4) is 17.6 Å². The summed E-state index contributed by atoms with van der Waals surface area (Å²) in [4.78, 5) is 14.1. The Morgan fingerprint density at radius 2 is 1.96 bits per heavy atom. The monoisotopic (exact) mass is 348 g/mol. The maximum atomic E-state index is 12.4. The van der Waals surface area contributed by atoms with Gasteiger partial charge >= 0.3 is 0 Å². The van der Waals surface area contributed by atoms with Gasteiger partial charge in [0.1, 0.15) is 11.6 Å². The Balaban J connectivity index is 2.35. The van der Waals surface area contributed by atoms with E-state index in [0.29, 0.717) is 48.4 Å². The van der Waals surface area contributed by atoms with Crippen molar-refractivity contribution in [2.45, 2.75) is 26.7 Å². The van der Waals surface area contributed by atoms with Gasteiger partial charge in [0.05, 0.1) is 18.2 Å². The van der Waals surface area contributed by atoms with Crippen LogP contribution < -0.4 is 9.47 Å². The number of carbonyl (C=O) groups is 1. The molecule has 1 aliphatic heterocycles. The largest absolute Gasteiger partial charge is 0.490 e. The summed E-state index contributed by atoms with van der Waals surface area (Å²) in [5.74, 6) is 0.740. The number of likely N-dealkylation sites (tertiary alicyclic amines) is 1. The van der Waals surface area contributed by atoms with Crippen molar-refractivity contribution >= 4 is 23.6 Å². The predicted octanol–water partition coefficient (Wildman–Crippen LogP) is 3.67. The minimum absolute atomic E-state index is 0.0968. The molecule has 0 unspecified atom stereocenters. The van der Waals surface area contributed by atoms with Crippen LogP contribution in [0.2, 0.25) is 5.02 Å². The Bertz CT molecular complexity index is 674. The van der Waals surface area contributed by atoms with E-state index in [1.54, 1.807) is 23.1 Å². The Kier molecular flexibility index (Phi) is 6.51. The summed E-state index contributed by atoms with van der Waals surface area (Å²) in [5, 5.41) is 9.73. The van der Waals surface area contributed by atoms with Crippen molar-refractivity contribution in [3.63, 3.8) is 0 Å². The Morgan fingerprint density at radius 3 is 2.54 bits per heavy atom. The zero-order chi connectivity index (χ0) is 17.5. The van der Waals surface area contributed by atoms with Crippen LogP contribution in [0.25, 0.3) is 6.08 Å². The molecular formula is C18H21ClN2O3. The van der Waals surface area contributed by atoms with Crippen LogP contribution >= 0.6 is 11.6 Å². The summed E-state index contributed by atoms with van der Waals surface area (Å²) in [6.07, 6.45) is 3.51. The van der Waals surface area contributed by atoms with Crippen molar-refractivity contribution in [1.29, 1.82) is 5.26 Å². The van der Waals surface area contributed by atoms with Crippen molar-refractivity contribution in [3.05, 3.63) is 28.3 Å². The molecule has 0 aliphatic carbocycles. The quantitative estimate of drug-likeness (QED) is 0.581. The van der Waals surface area contributed by atoms with Crippen LogP contribution in [0.3, 0.4) is 0 Å². The highest BCUT2D eigenvalue weighted by Gasteiger charge is 2.22. The first-order valence-electron chi connectivity index (χ1n) is 8.10. The lowest BCUT2D eigenvalue weighted by atomic mass is 10.1. The average Bonchev–Trinajstić information content (AvgIpc) is 3.10. The normalized spacial score (nSPS) is 14.4. The first-order valence-corrected chi connectivity index (χ1v) is 8.48. The van der Waals surface area contributed by atoms with Crippen molar-refractivity contribution < 1.29 is 14.3 Å². The molecule has 0 radical (unpaired) electrons. The van der Waals surface area contributed by atoms with E-state index in [-0.39, 0.29) is 11.5 Å². The molecule has 0 spiro atoms. The average molecular weight is 349 g/mol. The van der Waals surface area contributed by atoms with Crippen molar-refractivity contribution in [2.75, 3.05) is 26.3 Å². The molecule has 0 aromatic heterocycles. The maximum absolute atomic E-state index is 12.4. The topological polar surface area (TPSA) is 62.6 Å². The summed E-state index contributed by atoms with van der Waals surface area (Å²) < 4.78 is 11.1. The van der Waals surface area contributed by atoms with Gasteiger partial charge < -0.3 is 14.4 Å². The molecule has 5 nitrogen and oxygen atoms in total. The standard InChI is InChI=1S/C18H21ClN2O3/c1-3-23-16-11-13(10-15(19)17(16)24-4-2)9-14(12-20)18(22)21-7-5-6-8-21/h9-11H,3-8H2,1-2H3/b14-9+.